The van der Waals surface area contributed by atoms with E-state index in [1.165, 1.54) is 34.1 Å². The van der Waals surface area contributed by atoms with Crippen molar-refractivity contribution < 1.29 is 62.6 Å². The number of rotatable bonds is 23. The average Bonchev–Trinajstić information content (AvgIpc) is 1.75. The predicted molar refractivity (Wildman–Crippen MR) is 339 cm³/mol. The number of aromatic amines is 1. The van der Waals surface area contributed by atoms with E-state index in [2.05, 4.69) is 37.3 Å². The maximum Gasteiger partial charge on any atom is 0.396 e. The minimum absolute atomic E-state index is 0.0312. The molecule has 3 aliphatic rings. The van der Waals surface area contributed by atoms with Crippen LogP contribution in [0.15, 0.2) is 109 Å². The van der Waals surface area contributed by atoms with Crippen LogP contribution in [0.4, 0.5) is 5.69 Å². The van der Waals surface area contributed by atoms with Gasteiger partial charge in [-0.05, 0) is 126 Å². The van der Waals surface area contributed by atoms with E-state index in [4.69, 9.17) is 10.5 Å². The molecule has 0 bridgehead atoms. The number of aliphatic hydroxyl groups excluding tert-OH is 1. The first-order valence-electron chi connectivity index (χ1n) is 30.0. The number of nitrogens with one attached hydrogen (secondary N) is 5. The molecule has 7 atom stereocenters. The van der Waals surface area contributed by atoms with Crippen LogP contribution in [0.3, 0.4) is 0 Å². The number of anilines is 1. The van der Waals surface area contributed by atoms with E-state index in [0.717, 1.165) is 54.7 Å². The van der Waals surface area contributed by atoms with Gasteiger partial charge in [-0.25, -0.2) is 4.98 Å². The van der Waals surface area contributed by atoms with E-state index >= 15 is 0 Å². The van der Waals surface area contributed by atoms with E-state index < -0.39 is 90.5 Å². The highest BCUT2D eigenvalue weighted by Gasteiger charge is 2.46. The number of primary amides is 1. The van der Waals surface area contributed by atoms with Crippen LogP contribution in [-0.4, -0.2) is 126 Å². The molecule has 472 valence electrons. The highest BCUT2D eigenvalue weighted by molar-refractivity contribution is 7.70. The number of hydrogen-bond donors (Lipinski definition) is 9. The van der Waals surface area contributed by atoms with Gasteiger partial charge in [0.15, 0.2) is 0 Å². The van der Waals surface area contributed by atoms with Crippen LogP contribution in [0, 0.1) is 12.3 Å². The lowest BCUT2D eigenvalue weighted by Crippen LogP contribution is -2.57. The van der Waals surface area contributed by atoms with Gasteiger partial charge in [0, 0.05) is 55.2 Å². The molecule has 0 saturated carbocycles. The van der Waals surface area contributed by atoms with E-state index in [0.29, 0.717) is 35.9 Å². The Bertz CT molecular complexity index is 3990. The highest BCUT2D eigenvalue weighted by atomic mass is 32.1. The van der Waals surface area contributed by atoms with Crippen molar-refractivity contribution in [1.29, 1.82) is 0 Å². The number of benzene rings is 5. The number of nitrogens with two attached hydrogens (primary N) is 1. The first kappa shape index (κ1) is 64.5. The molecule has 0 spiro atoms. The number of aliphatic hydroxyl groups is 1. The standard InChI is InChI=1S/C66H74N9O13PS/c1-36-58(90-35-69-36)42-16-13-39(14-17-42)32-68-61(80)53-31-48(76)33-74(53)64(83)59(66(3,4)5)73-56(78)11-6-8-38-12-18-44-27-40(15-19-43(44)26-38)34-88-37(2)49(24-25-55(67)77)71-62(81)54-30-45-10-7-9-41-20-23-51(63(82)75(54)57(41)45)72-60(79)52-29-47-28-46(21-22-50(47)70-52)65(84)89(85,86)87/h7,9-10,12-19,21-22,26-29,35,37,48-49,51,53-54,59,70,76H,6,8,11,20,23-25,30-34H2,1-5H3,(H2,67,77)(H,68,80)(H,71,81)(H,72,79)(H,73,78)(H2,85,86,87)/t37-,48-,49+,51+,53+,54+,59-/m1/s1. The lowest BCUT2D eigenvalue weighted by Gasteiger charge is -2.35. The Morgan fingerprint density at radius 3 is 2.27 bits per heavy atom. The number of hydrogen-bond acceptors (Lipinski definition) is 13. The van der Waals surface area contributed by atoms with Crippen LogP contribution in [0.2, 0.25) is 0 Å². The van der Waals surface area contributed by atoms with Crippen LogP contribution in [0.1, 0.15) is 121 Å². The fourth-order valence-corrected chi connectivity index (χ4v) is 13.5. The van der Waals surface area contributed by atoms with Crippen molar-refractivity contribution in [3.8, 4) is 10.4 Å². The third-order valence-corrected chi connectivity index (χ3v) is 18.8. The molecular weight excluding hydrogens is 1190 g/mol. The van der Waals surface area contributed by atoms with Crippen molar-refractivity contribution >= 4 is 93.2 Å². The molecule has 10 rings (SSSR count). The van der Waals surface area contributed by atoms with Gasteiger partial charge in [0.2, 0.25) is 35.4 Å². The maximum atomic E-state index is 14.6. The fraction of sp³-hybridized carbons (Fsp3) is 0.379. The van der Waals surface area contributed by atoms with Gasteiger partial charge in [0.25, 0.3) is 11.4 Å². The van der Waals surface area contributed by atoms with Crippen molar-refractivity contribution in [3.05, 3.63) is 153 Å². The van der Waals surface area contributed by atoms with Gasteiger partial charge in [-0.2, -0.15) is 0 Å². The molecule has 22 nitrogen and oxygen atoms in total. The number of H-pyrrole nitrogens is 1. The largest absolute Gasteiger partial charge is 0.396 e. The molecule has 1 saturated heterocycles. The molecule has 3 aliphatic heterocycles. The second-order valence-corrected chi connectivity index (χ2v) is 27.1. The zero-order valence-electron chi connectivity index (χ0n) is 50.6. The quantitative estimate of drug-likeness (QED) is 0.0307. The number of thiazole rings is 1. The van der Waals surface area contributed by atoms with Crippen molar-refractivity contribution in [3.63, 3.8) is 0 Å². The summed E-state index contributed by atoms with van der Waals surface area (Å²) in [6.45, 7) is 9.65. The number of carbonyl (C=O) groups excluding carboxylic acids is 8. The van der Waals surface area contributed by atoms with Crippen molar-refractivity contribution in [2.24, 2.45) is 11.1 Å². The number of likely N-dealkylation sites (tertiary alicyclic amines) is 1. The minimum atomic E-state index is -5.06. The van der Waals surface area contributed by atoms with Crippen LogP contribution < -0.4 is 31.9 Å². The van der Waals surface area contributed by atoms with Gasteiger partial charge < -0.3 is 56.5 Å². The monoisotopic (exact) mass is 1260 g/mol. The molecule has 24 heteroatoms. The molecule has 0 unspecified atom stereocenters. The van der Waals surface area contributed by atoms with Gasteiger partial charge >= 0.3 is 7.60 Å². The summed E-state index contributed by atoms with van der Waals surface area (Å²) in [7, 11) is -5.06. The second kappa shape index (κ2) is 26.9. The summed E-state index contributed by atoms with van der Waals surface area (Å²) >= 11 is 1.56. The smallest absolute Gasteiger partial charge is 0.391 e. The van der Waals surface area contributed by atoms with Crippen LogP contribution >= 0.6 is 18.9 Å². The summed E-state index contributed by atoms with van der Waals surface area (Å²) in [4.78, 5) is 139. The van der Waals surface area contributed by atoms with Crippen LogP contribution in [0.5, 0.6) is 0 Å². The summed E-state index contributed by atoms with van der Waals surface area (Å²) in [6, 6.07) is 26.1. The predicted octanol–water partition coefficient (Wildman–Crippen LogP) is 6.56. The molecule has 7 amide bonds. The topological polar surface area (TPSA) is 333 Å². The Labute approximate surface area is 523 Å². The summed E-state index contributed by atoms with van der Waals surface area (Å²) in [6.07, 6.45) is 0.668. The summed E-state index contributed by atoms with van der Waals surface area (Å²) in [5.41, 5.74) is 12.5. The Morgan fingerprint density at radius 1 is 0.856 bits per heavy atom. The number of ether oxygens (including phenoxy) is 1. The van der Waals surface area contributed by atoms with Crippen molar-refractivity contribution in [2.75, 3.05) is 11.4 Å². The molecule has 10 N–H and O–H groups in total. The Morgan fingerprint density at radius 2 is 1.57 bits per heavy atom. The Balaban J connectivity index is 0.722. The van der Waals surface area contributed by atoms with E-state index in [9.17, 15) is 57.8 Å². The average molecular weight is 1260 g/mol. The summed E-state index contributed by atoms with van der Waals surface area (Å²) in [5.74, 6) is -3.33. The first-order valence-corrected chi connectivity index (χ1v) is 32.5. The molecular formula is C66H74N9O13PS. The highest BCUT2D eigenvalue weighted by Crippen LogP contribution is 2.41. The number of aryl methyl sites for hydroxylation is 3. The minimum Gasteiger partial charge on any atom is -0.391 e. The number of β-amino-alcohol motifs (C(OH)–C–C–N with tert-alkyl or cyclic N) is 1. The molecule has 0 radical (unpaired) electrons. The molecule has 5 aromatic carbocycles. The number of aromatic nitrogens is 2. The van der Waals surface area contributed by atoms with Gasteiger partial charge in [-0.3, -0.25) is 47.8 Å². The van der Waals surface area contributed by atoms with E-state index in [-0.39, 0.29) is 81.3 Å². The van der Waals surface area contributed by atoms with Crippen LogP contribution in [-0.2, 0) is 70.5 Å². The van der Waals surface area contributed by atoms with Gasteiger partial charge in [0.1, 0.15) is 29.9 Å². The molecule has 90 heavy (non-hydrogen) atoms. The summed E-state index contributed by atoms with van der Waals surface area (Å²) < 4.78 is 18.0. The molecule has 7 aromatic rings. The van der Waals surface area contributed by atoms with Crippen molar-refractivity contribution in [1.82, 2.24) is 36.1 Å². The third-order valence-electron chi connectivity index (χ3n) is 17.1. The molecule has 5 heterocycles. The zero-order chi connectivity index (χ0) is 64.3. The van der Waals surface area contributed by atoms with Gasteiger partial charge in [-0.15, -0.1) is 11.3 Å². The van der Waals surface area contributed by atoms with Gasteiger partial charge in [0.05, 0.1) is 46.6 Å². The zero-order valence-corrected chi connectivity index (χ0v) is 52.3. The number of para-hydroxylation sites is 1. The summed E-state index contributed by atoms with van der Waals surface area (Å²) in [5, 5.41) is 24.7. The Kier molecular flexibility index (Phi) is 19.3. The van der Waals surface area contributed by atoms with Crippen molar-refractivity contribution in [2.45, 2.75) is 148 Å². The SMILES string of the molecule is Cc1ncsc1-c1ccc(CNC(=O)[C@@H]2C[C@@H](O)CN2C(=O)[C@@H](NC(=O)CCCc2ccc3cc(CO[C@H](C)[C@H](CCC(N)=O)NC(=O)[C@@H]4Cc5cccc6c5N4C(=O)[C@@H](NC(=O)c4cc5cc(C(=O)P(=O)(O)O)ccc5[nH]4)CC6)ccc3c2)C(C)(C)C)cc1. The molecule has 1 fully saturated rings. The van der Waals surface area contributed by atoms with E-state index in [1.807, 2.05) is 100 Å². The first-order chi connectivity index (χ1) is 42.8. The lowest BCUT2D eigenvalue weighted by molar-refractivity contribution is -0.144. The third kappa shape index (κ3) is 14.7. The molecule has 0 aliphatic carbocycles. The fourth-order valence-electron chi connectivity index (χ4n) is 12.2. The lowest BCUT2D eigenvalue weighted by atomic mass is 9.85. The maximum absolute atomic E-state index is 14.6. The van der Waals surface area contributed by atoms with E-state index in [1.54, 1.807) is 23.8 Å². The number of carbonyl (C=O) groups is 8. The molecule has 2 aromatic heterocycles. The number of nitrogens with zero attached hydrogens (tertiary/aromatic N) is 3. The normalized spacial score (nSPS) is 18.4. The second-order valence-electron chi connectivity index (χ2n) is 24.7. The number of fused-ring (bicyclic) bond motifs is 2. The van der Waals surface area contributed by atoms with Crippen LogP contribution in [0.25, 0.3) is 32.1 Å². The Hall–Kier alpha value is -8.44. The van der Waals surface area contributed by atoms with Gasteiger partial charge in [-0.1, -0.05) is 93.6 Å². The number of amides is 7.